The van der Waals surface area contributed by atoms with Crippen molar-refractivity contribution >= 4 is 28.6 Å². The van der Waals surface area contributed by atoms with Gasteiger partial charge >= 0.3 is 0 Å². The van der Waals surface area contributed by atoms with Crippen LogP contribution in [-0.4, -0.2) is 21.6 Å². The molecule has 22 heavy (non-hydrogen) atoms. The molecular weight excluding hydrogens is 302 g/mol. The van der Waals surface area contributed by atoms with Crippen LogP contribution in [0.25, 0.3) is 0 Å². The zero-order chi connectivity index (χ0) is 15.7. The number of rotatable bonds is 3. The average Bonchev–Trinajstić information content (AvgIpc) is 3.16. The number of carbonyl (C=O) groups excluding carboxylic acids is 1. The van der Waals surface area contributed by atoms with Gasteiger partial charge in [0.1, 0.15) is 0 Å². The van der Waals surface area contributed by atoms with Crippen LogP contribution in [-0.2, 0) is 4.79 Å². The van der Waals surface area contributed by atoms with Crippen molar-refractivity contribution in [2.24, 2.45) is 5.10 Å². The minimum absolute atomic E-state index is 0.0191. The summed E-state index contributed by atoms with van der Waals surface area (Å²) in [5.74, 6) is -0.178. The van der Waals surface area contributed by atoms with E-state index in [1.807, 2.05) is 17.5 Å². The Balaban J connectivity index is 1.95. The average molecular weight is 315 g/mol. The van der Waals surface area contributed by atoms with Crippen molar-refractivity contribution in [1.82, 2.24) is 5.01 Å². The molecule has 1 atom stereocenters. The van der Waals surface area contributed by atoms with Crippen LogP contribution in [0.3, 0.4) is 0 Å². The molecule has 2 heterocycles. The molecule has 2 aromatic rings. The van der Waals surface area contributed by atoms with Crippen LogP contribution < -0.4 is 0 Å². The number of benzene rings is 1. The molecule has 0 saturated carbocycles. The molecule has 0 saturated heterocycles. The number of hydrogen-bond acceptors (Lipinski definition) is 5. The van der Waals surface area contributed by atoms with Crippen molar-refractivity contribution < 1.29 is 9.72 Å². The molecule has 3 rings (SSSR count). The highest BCUT2D eigenvalue weighted by Crippen LogP contribution is 2.34. The summed E-state index contributed by atoms with van der Waals surface area (Å²) in [5, 5.41) is 18.7. The van der Waals surface area contributed by atoms with Crippen molar-refractivity contribution in [3.63, 3.8) is 0 Å². The molecule has 0 spiro atoms. The second kappa shape index (κ2) is 5.69. The number of non-ortho nitro benzene ring substituents is 1. The first-order valence-corrected chi connectivity index (χ1v) is 7.59. The number of amides is 1. The number of nitro benzene ring substituents is 1. The van der Waals surface area contributed by atoms with Gasteiger partial charge in [0, 0.05) is 25.5 Å². The van der Waals surface area contributed by atoms with Gasteiger partial charge in [-0.15, -0.1) is 11.3 Å². The molecule has 0 radical (unpaired) electrons. The fourth-order valence-electron chi connectivity index (χ4n) is 2.50. The number of hydrazone groups is 1. The van der Waals surface area contributed by atoms with Crippen LogP contribution in [0, 0.1) is 10.1 Å². The van der Waals surface area contributed by atoms with E-state index in [0.717, 1.165) is 16.2 Å². The predicted octanol–water partition coefficient (Wildman–Crippen LogP) is 3.35. The minimum Gasteiger partial charge on any atom is -0.273 e. The van der Waals surface area contributed by atoms with E-state index >= 15 is 0 Å². The lowest BCUT2D eigenvalue weighted by molar-refractivity contribution is -0.384. The van der Waals surface area contributed by atoms with Gasteiger partial charge in [-0.05, 0) is 17.0 Å². The van der Waals surface area contributed by atoms with Crippen molar-refractivity contribution in [2.75, 3.05) is 0 Å². The standard InChI is InChI=1S/C15H13N3O3S/c1-10(19)17-14(9-13(16-17)15-6-3-7-22-15)11-4-2-5-12(8-11)18(20)21/h2-8,14H,9H2,1H3/t14-/m1/s1. The Morgan fingerprint density at radius 1 is 1.41 bits per heavy atom. The fraction of sp³-hybridized carbons (Fsp3) is 0.200. The smallest absolute Gasteiger partial charge is 0.269 e. The lowest BCUT2D eigenvalue weighted by Gasteiger charge is -2.20. The normalized spacial score (nSPS) is 17.4. The summed E-state index contributed by atoms with van der Waals surface area (Å²) in [6, 6.07) is 9.97. The van der Waals surface area contributed by atoms with Gasteiger partial charge in [-0.2, -0.15) is 5.10 Å². The summed E-state index contributed by atoms with van der Waals surface area (Å²) in [6.45, 7) is 1.45. The van der Waals surface area contributed by atoms with E-state index in [2.05, 4.69) is 5.10 Å². The Bertz CT molecular complexity index is 755. The third-order valence-electron chi connectivity index (χ3n) is 3.50. The maximum absolute atomic E-state index is 11.9. The number of nitro groups is 1. The van der Waals surface area contributed by atoms with Crippen molar-refractivity contribution in [3.8, 4) is 0 Å². The molecular formula is C15H13N3O3S. The molecule has 0 bridgehead atoms. The first-order chi connectivity index (χ1) is 10.6. The van der Waals surface area contributed by atoms with Gasteiger partial charge < -0.3 is 0 Å². The molecule has 1 amide bonds. The molecule has 1 aromatic heterocycles. The SMILES string of the molecule is CC(=O)N1N=C(c2cccs2)C[C@@H]1c1cccc([N+](=O)[O-])c1. The number of nitrogens with zero attached hydrogens (tertiary/aromatic N) is 3. The number of hydrogen-bond donors (Lipinski definition) is 0. The lowest BCUT2D eigenvalue weighted by atomic mass is 10.0. The third-order valence-corrected chi connectivity index (χ3v) is 4.42. The molecule has 0 N–H and O–H groups in total. The van der Waals surface area contributed by atoms with Gasteiger partial charge in [0.15, 0.2) is 0 Å². The quantitative estimate of drug-likeness (QED) is 0.644. The first kappa shape index (κ1) is 14.4. The van der Waals surface area contributed by atoms with Crippen LogP contribution in [0.5, 0.6) is 0 Å². The van der Waals surface area contributed by atoms with E-state index in [4.69, 9.17) is 0 Å². The Morgan fingerprint density at radius 3 is 2.86 bits per heavy atom. The van der Waals surface area contributed by atoms with Crippen molar-refractivity contribution in [1.29, 1.82) is 0 Å². The zero-order valence-electron chi connectivity index (χ0n) is 11.8. The van der Waals surface area contributed by atoms with E-state index in [1.165, 1.54) is 24.1 Å². The van der Waals surface area contributed by atoms with Gasteiger partial charge in [0.05, 0.1) is 21.6 Å². The second-order valence-electron chi connectivity index (χ2n) is 4.96. The molecule has 112 valence electrons. The maximum atomic E-state index is 11.9. The monoisotopic (exact) mass is 315 g/mol. The lowest BCUT2D eigenvalue weighted by Crippen LogP contribution is -2.24. The Labute approximate surface area is 130 Å². The first-order valence-electron chi connectivity index (χ1n) is 6.72. The van der Waals surface area contributed by atoms with Crippen LogP contribution in [0.4, 0.5) is 5.69 Å². The molecule has 0 fully saturated rings. The van der Waals surface area contributed by atoms with Crippen LogP contribution in [0.1, 0.15) is 29.8 Å². The van der Waals surface area contributed by atoms with E-state index in [-0.39, 0.29) is 17.6 Å². The minimum atomic E-state index is -0.433. The van der Waals surface area contributed by atoms with E-state index < -0.39 is 4.92 Å². The van der Waals surface area contributed by atoms with Crippen LogP contribution in [0.15, 0.2) is 46.9 Å². The predicted molar refractivity (Wildman–Crippen MR) is 83.8 cm³/mol. The molecule has 6 nitrogen and oxygen atoms in total. The third kappa shape index (κ3) is 2.62. The maximum Gasteiger partial charge on any atom is 0.269 e. The summed E-state index contributed by atoms with van der Waals surface area (Å²) < 4.78 is 0. The molecule has 0 aliphatic carbocycles. The Kier molecular flexibility index (Phi) is 3.72. The summed E-state index contributed by atoms with van der Waals surface area (Å²) in [4.78, 5) is 23.4. The van der Waals surface area contributed by atoms with Crippen molar-refractivity contribution in [3.05, 3.63) is 62.3 Å². The largest absolute Gasteiger partial charge is 0.273 e. The highest BCUT2D eigenvalue weighted by atomic mass is 32.1. The Morgan fingerprint density at radius 2 is 2.23 bits per heavy atom. The number of carbonyl (C=O) groups is 1. The van der Waals surface area contributed by atoms with Gasteiger partial charge in [-0.1, -0.05) is 18.2 Å². The van der Waals surface area contributed by atoms with Crippen molar-refractivity contribution in [2.45, 2.75) is 19.4 Å². The van der Waals surface area contributed by atoms with Gasteiger partial charge in [0.25, 0.3) is 5.69 Å². The van der Waals surface area contributed by atoms with E-state index in [1.54, 1.807) is 23.5 Å². The van der Waals surface area contributed by atoms with Gasteiger partial charge in [-0.3, -0.25) is 14.9 Å². The van der Waals surface area contributed by atoms with Crippen LogP contribution in [0.2, 0.25) is 0 Å². The van der Waals surface area contributed by atoms with Gasteiger partial charge in [-0.25, -0.2) is 5.01 Å². The molecule has 0 unspecified atom stereocenters. The summed E-state index contributed by atoms with van der Waals surface area (Å²) >= 11 is 1.56. The Hall–Kier alpha value is -2.54. The highest BCUT2D eigenvalue weighted by Gasteiger charge is 2.32. The molecule has 1 aromatic carbocycles. The summed E-state index contributed by atoms with van der Waals surface area (Å²) in [5.41, 5.74) is 1.58. The summed E-state index contributed by atoms with van der Waals surface area (Å²) in [6.07, 6.45) is 0.557. The fourth-order valence-corrected chi connectivity index (χ4v) is 3.22. The molecule has 1 aliphatic heterocycles. The van der Waals surface area contributed by atoms with E-state index in [0.29, 0.717) is 6.42 Å². The van der Waals surface area contributed by atoms with Gasteiger partial charge in [0.2, 0.25) is 5.91 Å². The topological polar surface area (TPSA) is 75.8 Å². The zero-order valence-corrected chi connectivity index (χ0v) is 12.6. The van der Waals surface area contributed by atoms with E-state index in [9.17, 15) is 14.9 Å². The number of thiophene rings is 1. The molecule has 7 heteroatoms. The molecule has 1 aliphatic rings. The highest BCUT2D eigenvalue weighted by molar-refractivity contribution is 7.12. The van der Waals surface area contributed by atoms with Crippen LogP contribution >= 0.6 is 11.3 Å². The second-order valence-corrected chi connectivity index (χ2v) is 5.91. The summed E-state index contributed by atoms with van der Waals surface area (Å²) in [7, 11) is 0.